The lowest BCUT2D eigenvalue weighted by Crippen LogP contribution is -2.46. The van der Waals surface area contributed by atoms with Crippen LogP contribution in [0, 0.1) is 29.6 Å². The Kier molecular flexibility index (Phi) is 18.5. The van der Waals surface area contributed by atoms with Crippen molar-refractivity contribution in [3.05, 3.63) is 59.4 Å². The quantitative estimate of drug-likeness (QED) is 0.160. The summed E-state index contributed by atoms with van der Waals surface area (Å²) in [5.74, 6) is -6.71. The predicted molar refractivity (Wildman–Crippen MR) is 183 cm³/mol. The van der Waals surface area contributed by atoms with E-state index in [4.69, 9.17) is 24.1 Å². The summed E-state index contributed by atoms with van der Waals surface area (Å²) in [5, 5.41) is 41.4. The number of esters is 2. The molecule has 12 nitrogen and oxygen atoms in total. The number of cyclic esters (lactones) is 1. The van der Waals surface area contributed by atoms with Gasteiger partial charge in [0.05, 0.1) is 25.4 Å². The Morgan fingerprint density at radius 3 is 2.24 bits per heavy atom. The van der Waals surface area contributed by atoms with Gasteiger partial charge in [-0.05, 0) is 39.2 Å². The Morgan fingerprint density at radius 1 is 1.06 bits per heavy atom. The molecule has 1 aliphatic rings. The van der Waals surface area contributed by atoms with Gasteiger partial charge in [0.25, 0.3) is 0 Å². The van der Waals surface area contributed by atoms with Crippen molar-refractivity contribution in [1.82, 2.24) is 0 Å². The van der Waals surface area contributed by atoms with Crippen molar-refractivity contribution in [2.45, 2.75) is 105 Å². The van der Waals surface area contributed by atoms with E-state index in [1.807, 2.05) is 32.9 Å². The van der Waals surface area contributed by atoms with E-state index in [1.165, 1.54) is 34.1 Å². The molecule has 1 rings (SSSR count). The molecule has 0 saturated heterocycles. The largest absolute Gasteiger partial charge is 0.490 e. The van der Waals surface area contributed by atoms with Crippen molar-refractivity contribution in [1.29, 1.82) is 0 Å². The highest BCUT2D eigenvalue weighted by Crippen LogP contribution is 2.28. The van der Waals surface area contributed by atoms with Crippen molar-refractivity contribution >= 4 is 23.7 Å². The summed E-state index contributed by atoms with van der Waals surface area (Å²) in [7, 11) is 2.75. The standard InChI is InChI=1S/C37H56O12/c1-20-12-11-13-29(46-9)36(49-37(45)31(47-10)18-21(2)17-23(4)34(43)22(3)16-20)26(7)35(44)25(6)28(39)19-30(24(5)27(8)38)48-33(42)15-14-32(40)41/h11-15,17-18,22-27,29-30,34-36,38,43-44H,16,19H2,1-10H3,(H,40,41). The molecule has 12 heteroatoms. The van der Waals surface area contributed by atoms with Crippen LogP contribution in [0.5, 0.6) is 0 Å². The zero-order valence-electron chi connectivity index (χ0n) is 30.4. The molecule has 1 heterocycles. The number of aliphatic carboxylic acids is 1. The Hall–Kier alpha value is -3.58. The average molecular weight is 693 g/mol. The van der Waals surface area contributed by atoms with Gasteiger partial charge in [-0.25, -0.2) is 14.4 Å². The number of carbonyl (C=O) groups excluding carboxylic acids is 3. The fraction of sp³-hybridized carbons (Fsp3) is 0.622. The van der Waals surface area contributed by atoms with Gasteiger partial charge in [0, 0.05) is 49.4 Å². The minimum Gasteiger partial charge on any atom is -0.490 e. The first kappa shape index (κ1) is 43.4. The maximum atomic E-state index is 13.5. The second kappa shape index (κ2) is 20.8. The number of ether oxygens (including phenoxy) is 4. The van der Waals surface area contributed by atoms with E-state index < -0.39 is 78.1 Å². The summed E-state index contributed by atoms with van der Waals surface area (Å²) in [4.78, 5) is 50.0. The molecule has 0 radical (unpaired) electrons. The molecule has 0 spiro atoms. The van der Waals surface area contributed by atoms with Crippen molar-refractivity contribution < 1.29 is 58.6 Å². The number of methoxy groups -OCH3 is 2. The monoisotopic (exact) mass is 692 g/mol. The number of hydrogen-bond acceptors (Lipinski definition) is 11. The van der Waals surface area contributed by atoms with Crippen LogP contribution in [0.4, 0.5) is 0 Å². The number of carbonyl (C=O) groups is 4. The van der Waals surface area contributed by atoms with Gasteiger partial charge in [-0.2, -0.15) is 0 Å². The molecule has 0 aliphatic carbocycles. The van der Waals surface area contributed by atoms with Gasteiger partial charge in [0.1, 0.15) is 24.1 Å². The summed E-state index contributed by atoms with van der Waals surface area (Å²) in [6.45, 7) is 13.7. The van der Waals surface area contributed by atoms with Gasteiger partial charge < -0.3 is 39.4 Å². The molecular formula is C37H56O12. The van der Waals surface area contributed by atoms with E-state index in [0.717, 1.165) is 5.57 Å². The highest BCUT2D eigenvalue weighted by atomic mass is 16.6. The van der Waals surface area contributed by atoms with Gasteiger partial charge in [0.15, 0.2) is 0 Å². The van der Waals surface area contributed by atoms with Gasteiger partial charge >= 0.3 is 17.9 Å². The topological polar surface area (TPSA) is 186 Å². The Labute approximate surface area is 290 Å². The summed E-state index contributed by atoms with van der Waals surface area (Å²) in [5.41, 5.74) is 1.67. The molecule has 0 aromatic heterocycles. The minimum absolute atomic E-state index is 0.0551. The lowest BCUT2D eigenvalue weighted by atomic mass is 9.82. The maximum absolute atomic E-state index is 13.5. The van der Waals surface area contributed by atoms with Crippen LogP contribution in [0.1, 0.15) is 68.2 Å². The second-order valence-corrected chi connectivity index (χ2v) is 13.2. The maximum Gasteiger partial charge on any atom is 0.373 e. The normalized spacial score (nSPS) is 26.6. The molecule has 0 saturated carbocycles. The SMILES string of the molecule is COC1=CC(C)=CC(C)C(O)C(C)CC(C)=CC=CC(OC)C(C(C)C(O)C(C)C(=O)CC(OC(=O)C=CC(=O)O)C(C)C(C)O)OC1=O. The van der Waals surface area contributed by atoms with Gasteiger partial charge in [-0.1, -0.05) is 70.1 Å². The fourth-order valence-corrected chi connectivity index (χ4v) is 5.69. The second-order valence-electron chi connectivity index (χ2n) is 13.2. The van der Waals surface area contributed by atoms with E-state index in [2.05, 4.69) is 0 Å². The number of rotatable bonds is 13. The molecule has 49 heavy (non-hydrogen) atoms. The summed E-state index contributed by atoms with van der Waals surface area (Å²) >= 11 is 0. The number of aliphatic hydroxyl groups excluding tert-OH is 3. The summed E-state index contributed by atoms with van der Waals surface area (Å²) < 4.78 is 22.3. The van der Waals surface area contributed by atoms with Crippen molar-refractivity contribution in [3.8, 4) is 0 Å². The summed E-state index contributed by atoms with van der Waals surface area (Å²) in [6.07, 6.45) is 4.15. The molecule has 1 aliphatic heterocycles. The first-order valence-electron chi connectivity index (χ1n) is 16.5. The molecular weight excluding hydrogens is 636 g/mol. The zero-order chi connectivity index (χ0) is 37.6. The van der Waals surface area contributed by atoms with Crippen molar-refractivity contribution in [3.63, 3.8) is 0 Å². The smallest absolute Gasteiger partial charge is 0.373 e. The summed E-state index contributed by atoms with van der Waals surface area (Å²) in [6, 6.07) is 0. The highest BCUT2D eigenvalue weighted by molar-refractivity contribution is 5.91. The molecule has 276 valence electrons. The molecule has 4 N–H and O–H groups in total. The van der Waals surface area contributed by atoms with Gasteiger partial charge in [-0.15, -0.1) is 0 Å². The first-order chi connectivity index (χ1) is 22.8. The molecule has 11 atom stereocenters. The molecule has 0 fully saturated rings. The lowest BCUT2D eigenvalue weighted by molar-refractivity contribution is -0.162. The van der Waals surface area contributed by atoms with E-state index >= 15 is 0 Å². The third-order valence-electron chi connectivity index (χ3n) is 9.05. The number of carboxylic acids is 1. The Balaban J connectivity index is 3.49. The van der Waals surface area contributed by atoms with E-state index in [1.54, 1.807) is 32.9 Å². The molecule has 0 bridgehead atoms. The van der Waals surface area contributed by atoms with Crippen LogP contribution in [0.25, 0.3) is 0 Å². The Bertz CT molecular complexity index is 1280. The molecule has 0 aromatic rings. The number of allylic oxidation sites excluding steroid dienone is 5. The van der Waals surface area contributed by atoms with Crippen molar-refractivity contribution in [2.24, 2.45) is 29.6 Å². The van der Waals surface area contributed by atoms with Gasteiger partial charge in [0.2, 0.25) is 5.76 Å². The van der Waals surface area contributed by atoms with Crippen LogP contribution in [0.2, 0.25) is 0 Å². The van der Waals surface area contributed by atoms with Crippen LogP contribution in [0.3, 0.4) is 0 Å². The zero-order valence-corrected chi connectivity index (χ0v) is 30.4. The average Bonchev–Trinajstić information content (AvgIpc) is 3.04. The fourth-order valence-electron chi connectivity index (χ4n) is 5.69. The van der Waals surface area contributed by atoms with Crippen molar-refractivity contribution in [2.75, 3.05) is 14.2 Å². The third-order valence-corrected chi connectivity index (χ3v) is 9.05. The lowest BCUT2D eigenvalue weighted by Gasteiger charge is -2.34. The number of ketones is 1. The van der Waals surface area contributed by atoms with Crippen LogP contribution in [0.15, 0.2) is 59.4 Å². The molecule has 11 unspecified atom stereocenters. The first-order valence-corrected chi connectivity index (χ1v) is 16.5. The van der Waals surface area contributed by atoms with E-state index in [9.17, 15) is 34.5 Å². The Morgan fingerprint density at radius 2 is 1.69 bits per heavy atom. The van der Waals surface area contributed by atoms with Crippen LogP contribution < -0.4 is 0 Å². The highest BCUT2D eigenvalue weighted by Gasteiger charge is 2.39. The molecule has 0 amide bonds. The molecule has 0 aromatic carbocycles. The van der Waals surface area contributed by atoms with Crippen LogP contribution in [-0.4, -0.2) is 95.0 Å². The number of carboxylic acid groups (broad SMARTS) is 1. The van der Waals surface area contributed by atoms with E-state index in [0.29, 0.717) is 24.1 Å². The van der Waals surface area contributed by atoms with Crippen LogP contribution >= 0.6 is 0 Å². The van der Waals surface area contributed by atoms with Crippen LogP contribution in [-0.2, 0) is 38.1 Å². The number of Topliss-reactive ketones (excluding diaryl/α,β-unsaturated/α-hetero) is 1. The number of hydrogen-bond donors (Lipinski definition) is 4. The van der Waals surface area contributed by atoms with E-state index in [-0.39, 0.29) is 24.0 Å². The minimum atomic E-state index is -1.37. The predicted octanol–water partition coefficient (Wildman–Crippen LogP) is 4.09. The third kappa shape index (κ3) is 14.1. The van der Waals surface area contributed by atoms with Gasteiger partial charge in [-0.3, -0.25) is 4.79 Å². The number of aliphatic hydroxyl groups is 3.